The van der Waals surface area contributed by atoms with Gasteiger partial charge in [-0.15, -0.1) is 0 Å². The van der Waals surface area contributed by atoms with Crippen molar-refractivity contribution in [2.45, 2.75) is 77.9 Å². The predicted molar refractivity (Wildman–Crippen MR) is 118 cm³/mol. The Morgan fingerprint density at radius 2 is 1.79 bits per heavy atom. The quantitative estimate of drug-likeness (QED) is 0.505. The van der Waals surface area contributed by atoms with Crippen LogP contribution in [0.15, 0.2) is 30.3 Å². The smallest absolute Gasteiger partial charge is 0.310 e. The molecule has 1 aliphatic heterocycles. The summed E-state index contributed by atoms with van der Waals surface area (Å²) in [6.07, 6.45) is 0.931. The van der Waals surface area contributed by atoms with Gasteiger partial charge < -0.3 is 9.16 Å². The van der Waals surface area contributed by atoms with Crippen LogP contribution in [0.1, 0.15) is 46.6 Å². The molecule has 4 nitrogen and oxygen atoms in total. The van der Waals surface area contributed by atoms with Crippen LogP contribution in [0.5, 0.6) is 0 Å². The molecule has 1 aliphatic rings. The van der Waals surface area contributed by atoms with Gasteiger partial charge in [-0.2, -0.15) is 0 Å². The summed E-state index contributed by atoms with van der Waals surface area (Å²) >= 11 is 0. The summed E-state index contributed by atoms with van der Waals surface area (Å²) in [4.78, 5) is 15.0. The molecule has 1 fully saturated rings. The fourth-order valence-electron chi connectivity index (χ4n) is 3.76. The summed E-state index contributed by atoms with van der Waals surface area (Å²) in [5.74, 6) is 0.0727. The Balaban J connectivity index is 2.31. The minimum Gasteiger partial charge on any atom is -0.469 e. The van der Waals surface area contributed by atoms with Gasteiger partial charge in [-0.05, 0) is 43.0 Å². The molecule has 5 heteroatoms. The molecule has 0 aromatic heterocycles. The largest absolute Gasteiger partial charge is 0.469 e. The Labute approximate surface area is 172 Å². The fourth-order valence-corrected chi connectivity index (χ4v) is 5.18. The number of ether oxygens (including phenoxy) is 1. The van der Waals surface area contributed by atoms with E-state index in [1.165, 1.54) is 12.7 Å². The van der Waals surface area contributed by atoms with Crippen molar-refractivity contribution in [1.82, 2.24) is 4.90 Å². The van der Waals surface area contributed by atoms with Crippen LogP contribution in [0.3, 0.4) is 0 Å². The van der Waals surface area contributed by atoms with Gasteiger partial charge in [0.25, 0.3) is 0 Å². The number of nitrogens with zero attached hydrogens (tertiary/aromatic N) is 1. The van der Waals surface area contributed by atoms with E-state index in [1.54, 1.807) is 0 Å². The molecule has 1 aromatic carbocycles. The SMILES string of the molecule is COC(=O)[C@H]1CC(C)C(O[Si](C)(C)C(C)(C)C)CN(Cc2ccccc2)C1C. The number of rotatable bonds is 5. The average Bonchev–Trinajstić information content (AvgIpc) is 2.73. The zero-order chi connectivity index (χ0) is 21.1. The van der Waals surface area contributed by atoms with E-state index < -0.39 is 8.32 Å². The van der Waals surface area contributed by atoms with Crippen molar-refractivity contribution in [3.63, 3.8) is 0 Å². The Kier molecular flexibility index (Phi) is 7.51. The Morgan fingerprint density at radius 1 is 1.18 bits per heavy atom. The van der Waals surface area contributed by atoms with Crippen molar-refractivity contribution in [1.29, 1.82) is 0 Å². The Morgan fingerprint density at radius 3 is 2.32 bits per heavy atom. The van der Waals surface area contributed by atoms with Crippen LogP contribution >= 0.6 is 0 Å². The molecule has 158 valence electrons. The van der Waals surface area contributed by atoms with Crippen LogP contribution in [0.4, 0.5) is 0 Å². The van der Waals surface area contributed by atoms with Crippen molar-refractivity contribution in [2.75, 3.05) is 13.7 Å². The van der Waals surface area contributed by atoms with E-state index in [-0.39, 0.29) is 29.1 Å². The first kappa shape index (κ1) is 23.1. The van der Waals surface area contributed by atoms with Gasteiger partial charge in [0.2, 0.25) is 0 Å². The molecule has 1 heterocycles. The van der Waals surface area contributed by atoms with Gasteiger partial charge in [-0.25, -0.2) is 0 Å². The third-order valence-corrected chi connectivity index (χ3v) is 11.3. The van der Waals surface area contributed by atoms with Crippen molar-refractivity contribution in [2.24, 2.45) is 11.8 Å². The molecular weight excluding hydrogens is 366 g/mol. The molecule has 1 aromatic rings. The zero-order valence-corrected chi connectivity index (χ0v) is 20.0. The number of hydrogen-bond acceptors (Lipinski definition) is 4. The minimum absolute atomic E-state index is 0.106. The zero-order valence-electron chi connectivity index (χ0n) is 19.0. The van der Waals surface area contributed by atoms with Gasteiger partial charge >= 0.3 is 5.97 Å². The molecule has 1 saturated heterocycles. The second-order valence-corrected chi connectivity index (χ2v) is 14.7. The van der Waals surface area contributed by atoms with Crippen molar-refractivity contribution in [3.05, 3.63) is 35.9 Å². The first-order chi connectivity index (χ1) is 13.0. The fraction of sp³-hybridized carbons (Fsp3) is 0.696. The molecule has 0 saturated carbocycles. The summed E-state index contributed by atoms with van der Waals surface area (Å²) in [6.45, 7) is 17.5. The number of methoxy groups -OCH3 is 1. The maximum atomic E-state index is 12.5. The van der Waals surface area contributed by atoms with Crippen LogP contribution in [0, 0.1) is 11.8 Å². The lowest BCUT2D eigenvalue weighted by molar-refractivity contribution is -0.148. The molecule has 2 rings (SSSR count). The van der Waals surface area contributed by atoms with Crippen molar-refractivity contribution in [3.8, 4) is 0 Å². The van der Waals surface area contributed by atoms with E-state index >= 15 is 0 Å². The molecule has 28 heavy (non-hydrogen) atoms. The van der Waals surface area contributed by atoms with E-state index in [0.717, 1.165) is 19.5 Å². The average molecular weight is 406 g/mol. The summed E-state index contributed by atoms with van der Waals surface area (Å²) < 4.78 is 12.0. The van der Waals surface area contributed by atoms with E-state index in [0.29, 0.717) is 5.92 Å². The van der Waals surface area contributed by atoms with Gasteiger partial charge in [-0.1, -0.05) is 58.0 Å². The van der Waals surface area contributed by atoms with E-state index in [4.69, 9.17) is 9.16 Å². The third kappa shape index (κ3) is 5.46. The maximum absolute atomic E-state index is 12.5. The monoisotopic (exact) mass is 405 g/mol. The molecule has 0 aliphatic carbocycles. The normalized spacial score (nSPS) is 27.3. The van der Waals surface area contributed by atoms with Crippen LogP contribution in [-0.2, 0) is 20.5 Å². The molecule has 4 atom stereocenters. The Hall–Kier alpha value is -1.17. The summed E-state index contributed by atoms with van der Waals surface area (Å²) in [5.41, 5.74) is 1.26. The number of esters is 1. The Bertz CT molecular complexity index is 641. The van der Waals surface area contributed by atoms with Crippen molar-refractivity contribution < 1.29 is 14.0 Å². The highest BCUT2D eigenvalue weighted by molar-refractivity contribution is 6.74. The summed E-state index contributed by atoms with van der Waals surface area (Å²) in [6, 6.07) is 10.6. The molecular formula is C23H39NO3Si. The highest BCUT2D eigenvalue weighted by Gasteiger charge is 2.44. The lowest BCUT2D eigenvalue weighted by Crippen LogP contribution is -2.49. The molecule has 0 N–H and O–H groups in total. The number of hydrogen-bond donors (Lipinski definition) is 0. The van der Waals surface area contributed by atoms with Gasteiger partial charge in [0.05, 0.1) is 19.1 Å². The van der Waals surface area contributed by atoms with Gasteiger partial charge in [0, 0.05) is 19.1 Å². The lowest BCUT2D eigenvalue weighted by Gasteiger charge is -2.41. The summed E-state index contributed by atoms with van der Waals surface area (Å²) in [7, 11) is -0.405. The molecule has 0 radical (unpaired) electrons. The molecule has 0 spiro atoms. The first-order valence-electron chi connectivity index (χ1n) is 10.5. The highest BCUT2D eigenvalue weighted by Crippen LogP contribution is 2.40. The third-order valence-electron chi connectivity index (χ3n) is 6.82. The number of likely N-dealkylation sites (tertiary alicyclic amines) is 1. The van der Waals surface area contributed by atoms with E-state index in [1.807, 2.05) is 6.07 Å². The molecule has 0 amide bonds. The number of carbonyl (C=O) groups is 1. The van der Waals surface area contributed by atoms with Gasteiger partial charge in [0.1, 0.15) is 0 Å². The maximum Gasteiger partial charge on any atom is 0.310 e. The lowest BCUT2D eigenvalue weighted by atomic mass is 9.90. The second-order valence-electron chi connectivity index (χ2n) is 9.91. The first-order valence-corrected chi connectivity index (χ1v) is 13.4. The van der Waals surface area contributed by atoms with E-state index in [2.05, 4.69) is 76.9 Å². The number of benzene rings is 1. The topological polar surface area (TPSA) is 38.8 Å². The van der Waals surface area contributed by atoms with Crippen LogP contribution < -0.4 is 0 Å². The van der Waals surface area contributed by atoms with Gasteiger partial charge in [-0.3, -0.25) is 9.69 Å². The summed E-state index contributed by atoms with van der Waals surface area (Å²) in [5, 5.41) is 0.163. The minimum atomic E-state index is -1.90. The van der Waals surface area contributed by atoms with E-state index in [9.17, 15) is 4.79 Å². The standard InChI is InChI=1S/C23H39NO3Si/c1-17-14-20(22(25)26-6)18(2)24(15-19-12-10-9-11-13-19)16-21(17)27-28(7,8)23(3,4)5/h9-13,17-18,20-21H,14-16H2,1-8H3/t17?,18?,20-,21?/m0/s1. The van der Waals surface area contributed by atoms with Crippen LogP contribution in [-0.4, -0.2) is 45.0 Å². The van der Waals surface area contributed by atoms with Gasteiger partial charge in [0.15, 0.2) is 8.32 Å². The number of carbonyl (C=O) groups excluding carboxylic acids is 1. The second kappa shape index (κ2) is 9.10. The van der Waals surface area contributed by atoms with Crippen molar-refractivity contribution >= 4 is 14.3 Å². The molecule has 3 unspecified atom stereocenters. The highest BCUT2D eigenvalue weighted by atomic mass is 28.4. The van der Waals surface area contributed by atoms with Crippen LogP contribution in [0.25, 0.3) is 0 Å². The van der Waals surface area contributed by atoms with Crippen LogP contribution in [0.2, 0.25) is 18.1 Å². The predicted octanol–water partition coefficient (Wildman–Crippen LogP) is 5.10. The molecule has 0 bridgehead atoms.